The Balaban J connectivity index is 2.29. The highest BCUT2D eigenvalue weighted by Gasteiger charge is 2.09. The van der Waals surface area contributed by atoms with Gasteiger partial charge in [-0.3, -0.25) is 4.90 Å². The second-order valence-corrected chi connectivity index (χ2v) is 3.09. The molecule has 0 radical (unpaired) electrons. The number of nitrogens with zero attached hydrogens (tertiary/aromatic N) is 1. The summed E-state index contributed by atoms with van der Waals surface area (Å²) in [7, 11) is 2.16. The smallest absolute Gasteiger partial charge is 0.0477 e. The third-order valence-electron chi connectivity index (χ3n) is 1.82. The molecule has 0 aliphatic carbocycles. The van der Waals surface area contributed by atoms with Crippen LogP contribution in [0.3, 0.4) is 0 Å². The summed E-state index contributed by atoms with van der Waals surface area (Å²) in [6, 6.07) is 0. The standard InChI is InChI=1S/C7H16N2/c1-7-3-4-8-6-9(2)5-7/h7-8H,3-6H2,1-2H3. The van der Waals surface area contributed by atoms with Crippen LogP contribution in [0.25, 0.3) is 0 Å². The van der Waals surface area contributed by atoms with Gasteiger partial charge in [0.25, 0.3) is 0 Å². The van der Waals surface area contributed by atoms with Crippen molar-refractivity contribution in [3.63, 3.8) is 0 Å². The van der Waals surface area contributed by atoms with E-state index in [0.717, 1.165) is 12.6 Å². The van der Waals surface area contributed by atoms with Gasteiger partial charge in [0.05, 0.1) is 0 Å². The van der Waals surface area contributed by atoms with Gasteiger partial charge in [0.15, 0.2) is 0 Å². The first kappa shape index (κ1) is 7.03. The first-order chi connectivity index (χ1) is 4.29. The lowest BCUT2D eigenvalue weighted by atomic mass is 10.1. The van der Waals surface area contributed by atoms with Gasteiger partial charge in [-0.2, -0.15) is 0 Å². The van der Waals surface area contributed by atoms with E-state index in [1.54, 1.807) is 0 Å². The van der Waals surface area contributed by atoms with Crippen LogP contribution in [0, 0.1) is 5.92 Å². The quantitative estimate of drug-likeness (QED) is 0.511. The summed E-state index contributed by atoms with van der Waals surface area (Å²) < 4.78 is 0. The van der Waals surface area contributed by atoms with Crippen molar-refractivity contribution in [2.75, 3.05) is 26.8 Å². The molecule has 1 fully saturated rings. The van der Waals surface area contributed by atoms with E-state index in [-0.39, 0.29) is 0 Å². The molecule has 0 amide bonds. The van der Waals surface area contributed by atoms with Gasteiger partial charge in [0, 0.05) is 13.2 Å². The van der Waals surface area contributed by atoms with Gasteiger partial charge in [0.2, 0.25) is 0 Å². The zero-order valence-corrected chi connectivity index (χ0v) is 6.35. The number of nitrogens with one attached hydrogen (secondary N) is 1. The van der Waals surface area contributed by atoms with Crippen LogP contribution in [-0.4, -0.2) is 31.7 Å². The van der Waals surface area contributed by atoms with Crippen LogP contribution in [0.5, 0.6) is 0 Å². The summed E-state index contributed by atoms with van der Waals surface area (Å²) in [5.74, 6) is 0.866. The van der Waals surface area contributed by atoms with E-state index in [0.29, 0.717) is 0 Å². The summed E-state index contributed by atoms with van der Waals surface area (Å²) in [5, 5.41) is 3.35. The lowest BCUT2D eigenvalue weighted by Crippen LogP contribution is -2.29. The molecule has 2 nitrogen and oxygen atoms in total. The molecular weight excluding hydrogens is 112 g/mol. The zero-order chi connectivity index (χ0) is 6.69. The Morgan fingerprint density at radius 3 is 3.11 bits per heavy atom. The molecule has 1 aliphatic heterocycles. The number of rotatable bonds is 0. The molecule has 0 aromatic rings. The van der Waals surface area contributed by atoms with E-state index in [4.69, 9.17) is 0 Å². The van der Waals surface area contributed by atoms with Crippen molar-refractivity contribution in [1.29, 1.82) is 0 Å². The minimum Gasteiger partial charge on any atom is -0.304 e. The normalized spacial score (nSPS) is 32.0. The Hall–Kier alpha value is -0.0800. The highest BCUT2D eigenvalue weighted by Crippen LogP contribution is 2.04. The lowest BCUT2D eigenvalue weighted by Gasteiger charge is -2.14. The van der Waals surface area contributed by atoms with Gasteiger partial charge in [0.1, 0.15) is 0 Å². The summed E-state index contributed by atoms with van der Waals surface area (Å²) >= 11 is 0. The molecule has 0 saturated carbocycles. The molecule has 1 N–H and O–H groups in total. The maximum atomic E-state index is 3.35. The lowest BCUT2D eigenvalue weighted by molar-refractivity contribution is 0.300. The molecule has 0 aromatic carbocycles. The predicted octanol–water partition coefficient (Wildman–Crippen LogP) is 0.505. The van der Waals surface area contributed by atoms with Crippen LogP contribution >= 0.6 is 0 Å². The molecule has 1 unspecified atom stereocenters. The summed E-state index contributed by atoms with van der Waals surface area (Å²) in [4.78, 5) is 2.33. The van der Waals surface area contributed by atoms with Gasteiger partial charge in [-0.05, 0) is 25.9 Å². The third-order valence-corrected chi connectivity index (χ3v) is 1.82. The van der Waals surface area contributed by atoms with Crippen LogP contribution in [0.2, 0.25) is 0 Å². The van der Waals surface area contributed by atoms with Crippen LogP contribution in [-0.2, 0) is 0 Å². The fourth-order valence-corrected chi connectivity index (χ4v) is 1.31. The van der Waals surface area contributed by atoms with Crippen molar-refractivity contribution in [2.45, 2.75) is 13.3 Å². The van der Waals surface area contributed by atoms with Gasteiger partial charge >= 0.3 is 0 Å². The van der Waals surface area contributed by atoms with Crippen molar-refractivity contribution in [3.05, 3.63) is 0 Å². The van der Waals surface area contributed by atoms with Gasteiger partial charge in [-0.1, -0.05) is 6.92 Å². The minimum atomic E-state index is 0.866. The fraction of sp³-hybridized carbons (Fsp3) is 1.00. The zero-order valence-electron chi connectivity index (χ0n) is 6.35. The Morgan fingerprint density at radius 1 is 1.56 bits per heavy atom. The average Bonchev–Trinajstić information content (AvgIpc) is 1.93. The first-order valence-corrected chi connectivity index (χ1v) is 3.68. The molecule has 9 heavy (non-hydrogen) atoms. The summed E-state index contributed by atoms with van der Waals surface area (Å²) in [5.41, 5.74) is 0. The predicted molar refractivity (Wildman–Crippen MR) is 39.3 cm³/mol. The van der Waals surface area contributed by atoms with Crippen LogP contribution < -0.4 is 5.32 Å². The SMILES string of the molecule is CC1CCNCN(C)C1. The van der Waals surface area contributed by atoms with Gasteiger partial charge in [-0.25, -0.2) is 0 Å². The van der Waals surface area contributed by atoms with Crippen LogP contribution in [0.15, 0.2) is 0 Å². The Kier molecular flexibility index (Phi) is 2.49. The van der Waals surface area contributed by atoms with E-state index in [2.05, 4.69) is 24.2 Å². The highest BCUT2D eigenvalue weighted by atomic mass is 15.2. The molecule has 1 atom stereocenters. The van der Waals surface area contributed by atoms with Crippen LogP contribution in [0.4, 0.5) is 0 Å². The minimum absolute atomic E-state index is 0.866. The van der Waals surface area contributed by atoms with E-state index >= 15 is 0 Å². The van der Waals surface area contributed by atoms with E-state index in [9.17, 15) is 0 Å². The molecule has 54 valence electrons. The van der Waals surface area contributed by atoms with Crippen molar-refractivity contribution in [2.24, 2.45) is 5.92 Å². The van der Waals surface area contributed by atoms with Crippen molar-refractivity contribution >= 4 is 0 Å². The molecule has 0 spiro atoms. The number of hydrogen-bond donors (Lipinski definition) is 1. The largest absolute Gasteiger partial charge is 0.304 e. The molecule has 1 aliphatic rings. The second kappa shape index (κ2) is 3.18. The third kappa shape index (κ3) is 2.33. The number of hydrogen-bond acceptors (Lipinski definition) is 2. The van der Waals surface area contributed by atoms with Crippen molar-refractivity contribution in [1.82, 2.24) is 10.2 Å². The monoisotopic (exact) mass is 128 g/mol. The van der Waals surface area contributed by atoms with Gasteiger partial charge in [-0.15, -0.1) is 0 Å². The molecule has 1 heterocycles. The Bertz CT molecular complexity index is 73.0. The maximum absolute atomic E-state index is 3.35. The fourth-order valence-electron chi connectivity index (χ4n) is 1.31. The van der Waals surface area contributed by atoms with E-state index in [1.165, 1.54) is 19.5 Å². The molecule has 2 heteroatoms. The molecule has 0 aromatic heterocycles. The van der Waals surface area contributed by atoms with Crippen molar-refractivity contribution in [3.8, 4) is 0 Å². The average molecular weight is 128 g/mol. The molecule has 1 rings (SSSR count). The highest BCUT2D eigenvalue weighted by molar-refractivity contribution is 4.64. The van der Waals surface area contributed by atoms with Crippen LogP contribution in [0.1, 0.15) is 13.3 Å². The molecule has 1 saturated heterocycles. The summed E-state index contributed by atoms with van der Waals surface area (Å²) in [6.07, 6.45) is 1.32. The summed E-state index contributed by atoms with van der Waals surface area (Å²) in [6.45, 7) is 5.80. The topological polar surface area (TPSA) is 15.3 Å². The second-order valence-electron chi connectivity index (χ2n) is 3.09. The first-order valence-electron chi connectivity index (χ1n) is 3.68. The van der Waals surface area contributed by atoms with Crippen molar-refractivity contribution < 1.29 is 0 Å². The van der Waals surface area contributed by atoms with E-state index < -0.39 is 0 Å². The Morgan fingerprint density at radius 2 is 2.33 bits per heavy atom. The van der Waals surface area contributed by atoms with E-state index in [1.807, 2.05) is 0 Å². The maximum Gasteiger partial charge on any atom is 0.0477 e. The Labute approximate surface area is 57.2 Å². The molecule has 0 bridgehead atoms. The molecular formula is C7H16N2. The van der Waals surface area contributed by atoms with Gasteiger partial charge < -0.3 is 5.32 Å².